The predicted octanol–water partition coefficient (Wildman–Crippen LogP) is 0.986. The molecule has 1 unspecified atom stereocenters. The zero-order valence-corrected chi connectivity index (χ0v) is 8.47. The van der Waals surface area contributed by atoms with Gasteiger partial charge in [0.2, 0.25) is 0 Å². The van der Waals surface area contributed by atoms with Crippen molar-refractivity contribution in [2.24, 2.45) is 5.84 Å². The number of hydrogen-bond donors (Lipinski definition) is 2. The average Bonchev–Trinajstić information content (AvgIpc) is 2.23. The molecule has 0 heterocycles. The molecule has 1 aromatic carbocycles. The van der Waals surface area contributed by atoms with Crippen molar-refractivity contribution in [2.45, 2.75) is 12.5 Å². The molecule has 0 aliphatic rings. The van der Waals surface area contributed by atoms with Crippen LogP contribution in [0.1, 0.15) is 5.56 Å². The van der Waals surface area contributed by atoms with Gasteiger partial charge >= 0.3 is 0 Å². The maximum atomic E-state index is 12.9. The van der Waals surface area contributed by atoms with Crippen LogP contribution < -0.4 is 11.3 Å². The molecule has 3 N–H and O–H groups in total. The molecule has 3 nitrogen and oxygen atoms in total. The van der Waals surface area contributed by atoms with E-state index in [1.165, 1.54) is 6.07 Å². The van der Waals surface area contributed by atoms with Crippen LogP contribution in [-0.2, 0) is 11.2 Å². The van der Waals surface area contributed by atoms with Crippen LogP contribution in [0.4, 0.5) is 8.78 Å². The van der Waals surface area contributed by atoms with Crippen LogP contribution in [0.3, 0.4) is 0 Å². The van der Waals surface area contributed by atoms with Crippen molar-refractivity contribution < 1.29 is 13.5 Å². The van der Waals surface area contributed by atoms with E-state index >= 15 is 0 Å². The van der Waals surface area contributed by atoms with Crippen molar-refractivity contribution in [1.29, 1.82) is 0 Å². The van der Waals surface area contributed by atoms with E-state index in [1.807, 2.05) is 0 Å². The monoisotopic (exact) mass is 216 g/mol. The Bertz CT molecular complexity index is 320. The Morgan fingerprint density at radius 2 is 2.13 bits per heavy atom. The summed E-state index contributed by atoms with van der Waals surface area (Å²) in [4.78, 5) is 0. The van der Waals surface area contributed by atoms with Gasteiger partial charge in [-0.1, -0.05) is 6.07 Å². The van der Waals surface area contributed by atoms with Gasteiger partial charge in [-0.25, -0.2) is 8.78 Å². The second kappa shape index (κ2) is 5.75. The summed E-state index contributed by atoms with van der Waals surface area (Å²) >= 11 is 0. The molecule has 0 saturated carbocycles. The van der Waals surface area contributed by atoms with Gasteiger partial charge in [-0.3, -0.25) is 11.3 Å². The number of hydrazine groups is 1. The fourth-order valence-corrected chi connectivity index (χ4v) is 1.32. The lowest BCUT2D eigenvalue weighted by molar-refractivity contribution is 0.166. The average molecular weight is 216 g/mol. The largest absolute Gasteiger partial charge is 0.383 e. The van der Waals surface area contributed by atoms with Gasteiger partial charge in [-0.15, -0.1) is 0 Å². The van der Waals surface area contributed by atoms with Gasteiger partial charge in [0.25, 0.3) is 0 Å². The van der Waals surface area contributed by atoms with Crippen LogP contribution in [0.25, 0.3) is 0 Å². The number of rotatable bonds is 5. The van der Waals surface area contributed by atoms with E-state index < -0.39 is 11.6 Å². The molecular weight excluding hydrogens is 202 g/mol. The minimum atomic E-state index is -0.847. The third kappa shape index (κ3) is 3.54. The van der Waals surface area contributed by atoms with Gasteiger partial charge in [0.15, 0.2) is 11.6 Å². The van der Waals surface area contributed by atoms with Crippen LogP contribution in [0.15, 0.2) is 18.2 Å². The number of methoxy groups -OCH3 is 1. The SMILES string of the molecule is COCC(Cc1ccc(F)c(F)c1)NN. The standard InChI is InChI=1S/C10H14F2N2O/c1-15-6-8(14-13)4-7-2-3-9(11)10(12)5-7/h2-3,5,8,14H,4,6,13H2,1H3. The topological polar surface area (TPSA) is 47.3 Å². The molecular formula is C10H14F2N2O. The molecule has 1 rings (SSSR count). The Kier molecular flexibility index (Phi) is 4.61. The van der Waals surface area contributed by atoms with Gasteiger partial charge in [0.05, 0.1) is 6.61 Å². The van der Waals surface area contributed by atoms with Crippen molar-refractivity contribution in [3.63, 3.8) is 0 Å². The maximum Gasteiger partial charge on any atom is 0.159 e. The highest BCUT2D eigenvalue weighted by Crippen LogP contribution is 2.10. The van der Waals surface area contributed by atoms with Crippen molar-refractivity contribution in [1.82, 2.24) is 5.43 Å². The summed E-state index contributed by atoms with van der Waals surface area (Å²) in [6, 6.07) is 3.68. The second-order valence-electron chi connectivity index (χ2n) is 3.27. The summed E-state index contributed by atoms with van der Waals surface area (Å²) in [7, 11) is 1.55. The maximum absolute atomic E-state index is 12.9. The fraction of sp³-hybridized carbons (Fsp3) is 0.400. The van der Waals surface area contributed by atoms with Crippen LogP contribution >= 0.6 is 0 Å². The second-order valence-corrected chi connectivity index (χ2v) is 3.27. The van der Waals surface area contributed by atoms with E-state index in [0.29, 0.717) is 18.6 Å². The molecule has 5 heteroatoms. The van der Waals surface area contributed by atoms with Crippen LogP contribution in [-0.4, -0.2) is 19.8 Å². The van der Waals surface area contributed by atoms with E-state index in [-0.39, 0.29) is 6.04 Å². The smallest absolute Gasteiger partial charge is 0.159 e. The lowest BCUT2D eigenvalue weighted by Gasteiger charge is -2.14. The third-order valence-corrected chi connectivity index (χ3v) is 2.07. The molecule has 0 amide bonds. The first-order chi connectivity index (χ1) is 7.17. The molecule has 0 fully saturated rings. The van der Waals surface area contributed by atoms with Crippen LogP contribution in [0.5, 0.6) is 0 Å². The summed E-state index contributed by atoms with van der Waals surface area (Å²) in [5.74, 6) is 3.59. The summed E-state index contributed by atoms with van der Waals surface area (Å²) in [6.45, 7) is 0.412. The number of halogens is 2. The quantitative estimate of drug-likeness (QED) is 0.570. The van der Waals surface area contributed by atoms with Gasteiger partial charge in [-0.05, 0) is 24.1 Å². The Morgan fingerprint density at radius 3 is 2.67 bits per heavy atom. The molecule has 84 valence electrons. The molecule has 0 aromatic heterocycles. The van der Waals surface area contributed by atoms with Crippen LogP contribution in [0, 0.1) is 11.6 Å². The Labute approximate surface area is 87.2 Å². The van der Waals surface area contributed by atoms with E-state index in [1.54, 1.807) is 7.11 Å². The normalized spacial score (nSPS) is 12.8. The van der Waals surface area contributed by atoms with Crippen LogP contribution in [0.2, 0.25) is 0 Å². The summed E-state index contributed by atoms with van der Waals surface area (Å²) in [6.07, 6.45) is 0.488. The number of nitrogens with one attached hydrogen (secondary N) is 1. The van der Waals surface area contributed by atoms with Crippen molar-refractivity contribution in [3.8, 4) is 0 Å². The molecule has 0 saturated heterocycles. The molecule has 0 bridgehead atoms. The molecule has 0 radical (unpaired) electrons. The van der Waals surface area contributed by atoms with E-state index in [4.69, 9.17) is 10.6 Å². The summed E-state index contributed by atoms with van der Waals surface area (Å²) < 4.78 is 30.4. The summed E-state index contributed by atoms with van der Waals surface area (Å²) in [5.41, 5.74) is 3.22. The molecule has 0 aliphatic heterocycles. The van der Waals surface area contributed by atoms with Gasteiger partial charge in [-0.2, -0.15) is 0 Å². The van der Waals surface area contributed by atoms with E-state index in [9.17, 15) is 8.78 Å². The minimum absolute atomic E-state index is 0.111. The zero-order valence-electron chi connectivity index (χ0n) is 8.47. The van der Waals surface area contributed by atoms with E-state index in [0.717, 1.165) is 12.1 Å². The third-order valence-electron chi connectivity index (χ3n) is 2.07. The van der Waals surface area contributed by atoms with Crippen molar-refractivity contribution in [2.75, 3.05) is 13.7 Å². The Balaban J connectivity index is 2.66. The van der Waals surface area contributed by atoms with Crippen molar-refractivity contribution >= 4 is 0 Å². The zero-order chi connectivity index (χ0) is 11.3. The Morgan fingerprint density at radius 1 is 1.40 bits per heavy atom. The first kappa shape index (κ1) is 12.0. The number of hydrogen-bond acceptors (Lipinski definition) is 3. The van der Waals surface area contributed by atoms with E-state index in [2.05, 4.69) is 5.43 Å². The number of benzene rings is 1. The lowest BCUT2D eigenvalue weighted by Crippen LogP contribution is -2.40. The van der Waals surface area contributed by atoms with Crippen molar-refractivity contribution in [3.05, 3.63) is 35.4 Å². The molecule has 1 aromatic rings. The van der Waals surface area contributed by atoms with Gasteiger partial charge in [0, 0.05) is 13.2 Å². The first-order valence-corrected chi connectivity index (χ1v) is 4.56. The highest BCUT2D eigenvalue weighted by Gasteiger charge is 2.09. The molecule has 1 atom stereocenters. The van der Waals surface area contributed by atoms with Gasteiger partial charge < -0.3 is 4.74 Å². The lowest BCUT2D eigenvalue weighted by atomic mass is 10.1. The predicted molar refractivity (Wildman–Crippen MR) is 53.0 cm³/mol. The minimum Gasteiger partial charge on any atom is -0.383 e. The highest BCUT2D eigenvalue weighted by molar-refractivity contribution is 5.18. The molecule has 0 spiro atoms. The summed E-state index contributed by atoms with van der Waals surface area (Å²) in [5, 5.41) is 0. The van der Waals surface area contributed by atoms with Gasteiger partial charge in [0.1, 0.15) is 0 Å². The highest BCUT2D eigenvalue weighted by atomic mass is 19.2. The number of ether oxygens (including phenoxy) is 1. The first-order valence-electron chi connectivity index (χ1n) is 4.56. The number of nitrogens with two attached hydrogens (primary N) is 1. The Hall–Kier alpha value is -1.04. The molecule has 15 heavy (non-hydrogen) atoms. The molecule has 0 aliphatic carbocycles. The fourth-order valence-electron chi connectivity index (χ4n) is 1.32.